The number of hydrogen-bond donors (Lipinski definition) is 0. The van der Waals surface area contributed by atoms with Crippen molar-refractivity contribution in [1.82, 2.24) is 0 Å². The zero-order chi connectivity index (χ0) is 9.72. The molecule has 4 heteroatoms. The van der Waals surface area contributed by atoms with Gasteiger partial charge < -0.3 is 4.74 Å². The average molecular weight is 170 g/mol. The molecule has 0 rings (SSSR count). The van der Waals surface area contributed by atoms with Crippen LogP contribution in [0.5, 0.6) is 0 Å². The van der Waals surface area contributed by atoms with Gasteiger partial charge in [-0.3, -0.25) is 14.4 Å². The fourth-order valence-corrected chi connectivity index (χ4v) is 0.768. The number of hydrogen-bond acceptors (Lipinski definition) is 4. The quantitative estimate of drug-likeness (QED) is 0.349. The third-order valence-corrected chi connectivity index (χ3v) is 1.25. The van der Waals surface area contributed by atoms with Crippen molar-refractivity contribution < 1.29 is 19.1 Å². The Bertz CT molecular complexity index is 215. The Kier molecular flexibility index (Phi) is 3.90. The highest BCUT2D eigenvalue weighted by molar-refractivity contribution is 6.15. The summed E-state index contributed by atoms with van der Waals surface area (Å²) in [7, 11) is 0. The van der Waals surface area contributed by atoms with Crippen LogP contribution in [0.2, 0.25) is 0 Å². The number of carbonyl (C=O) groups excluding carboxylic acids is 3. The lowest BCUT2D eigenvalue weighted by Crippen LogP contribution is -2.29. The van der Waals surface area contributed by atoms with Crippen molar-refractivity contribution in [2.24, 2.45) is 5.92 Å². The second-order valence-electron chi connectivity index (χ2n) is 2.26. The molecule has 0 spiro atoms. The first-order valence-electron chi connectivity index (χ1n) is 3.33. The molecule has 0 fully saturated rings. The summed E-state index contributed by atoms with van der Waals surface area (Å²) >= 11 is 0. The Labute approximate surface area is 70.2 Å². The van der Waals surface area contributed by atoms with Crippen LogP contribution in [0.1, 0.15) is 13.8 Å². The van der Waals surface area contributed by atoms with Crippen LogP contribution in [0.4, 0.5) is 0 Å². The molecule has 0 saturated carbocycles. The number of Topliss-reactive ketones (excluding diaryl/α,β-unsaturated/α-hetero) is 2. The predicted molar refractivity (Wildman–Crippen MR) is 41.1 cm³/mol. The van der Waals surface area contributed by atoms with Crippen LogP contribution < -0.4 is 0 Å². The minimum absolute atomic E-state index is 0.519. The largest absolute Gasteiger partial charge is 0.434 e. The average Bonchev–Trinajstić information content (AvgIpc) is 1.85. The zero-order valence-electron chi connectivity index (χ0n) is 6.99. The summed E-state index contributed by atoms with van der Waals surface area (Å²) in [5, 5.41) is 0. The summed E-state index contributed by atoms with van der Waals surface area (Å²) in [6.07, 6.45) is 0.890. The Morgan fingerprint density at radius 1 is 1.25 bits per heavy atom. The highest BCUT2D eigenvalue weighted by Gasteiger charge is 2.28. The molecule has 0 atom stereocenters. The van der Waals surface area contributed by atoms with Crippen LogP contribution in [0.3, 0.4) is 0 Å². The molecule has 0 amide bonds. The normalized spacial score (nSPS) is 9.25. The molecular weight excluding hydrogens is 160 g/mol. The molecule has 0 aromatic carbocycles. The SMILES string of the molecule is C=COC(=O)C(C(C)=O)C(C)=O. The summed E-state index contributed by atoms with van der Waals surface area (Å²) in [6.45, 7) is 5.46. The second-order valence-corrected chi connectivity index (χ2v) is 2.26. The van der Waals surface area contributed by atoms with Gasteiger partial charge in [0.05, 0.1) is 6.26 Å². The molecule has 4 nitrogen and oxygen atoms in total. The Morgan fingerprint density at radius 3 is 1.92 bits per heavy atom. The van der Waals surface area contributed by atoms with E-state index in [0.717, 1.165) is 20.1 Å². The topological polar surface area (TPSA) is 60.4 Å². The van der Waals surface area contributed by atoms with E-state index in [1.54, 1.807) is 0 Å². The first kappa shape index (κ1) is 10.6. The van der Waals surface area contributed by atoms with E-state index in [9.17, 15) is 14.4 Å². The van der Waals surface area contributed by atoms with Gasteiger partial charge in [-0.05, 0) is 13.8 Å². The van der Waals surface area contributed by atoms with E-state index in [-0.39, 0.29) is 0 Å². The Morgan fingerprint density at radius 2 is 1.67 bits per heavy atom. The molecule has 0 bridgehead atoms. The van der Waals surface area contributed by atoms with Crippen molar-refractivity contribution in [3.05, 3.63) is 12.8 Å². The van der Waals surface area contributed by atoms with Gasteiger partial charge in [-0.25, -0.2) is 0 Å². The molecule has 0 saturated heterocycles. The van der Waals surface area contributed by atoms with Crippen molar-refractivity contribution in [2.75, 3.05) is 0 Å². The highest BCUT2D eigenvalue weighted by Crippen LogP contribution is 2.03. The lowest BCUT2D eigenvalue weighted by atomic mass is 10.0. The van der Waals surface area contributed by atoms with E-state index in [1.807, 2.05) is 0 Å². The van der Waals surface area contributed by atoms with Gasteiger partial charge in [0.15, 0.2) is 17.5 Å². The van der Waals surface area contributed by atoms with Crippen molar-refractivity contribution in [1.29, 1.82) is 0 Å². The minimum atomic E-state index is -1.30. The lowest BCUT2D eigenvalue weighted by molar-refractivity contribution is -0.150. The fourth-order valence-electron chi connectivity index (χ4n) is 0.768. The third kappa shape index (κ3) is 2.65. The van der Waals surface area contributed by atoms with Gasteiger partial charge in [-0.15, -0.1) is 0 Å². The molecule has 0 N–H and O–H groups in total. The monoisotopic (exact) mass is 170 g/mol. The van der Waals surface area contributed by atoms with Gasteiger partial charge in [0.25, 0.3) is 0 Å². The van der Waals surface area contributed by atoms with Gasteiger partial charge in [-0.2, -0.15) is 0 Å². The number of ketones is 2. The molecule has 0 aromatic heterocycles. The molecule has 0 aliphatic heterocycles. The van der Waals surface area contributed by atoms with Crippen molar-refractivity contribution in [3.63, 3.8) is 0 Å². The van der Waals surface area contributed by atoms with Gasteiger partial charge in [0, 0.05) is 0 Å². The molecule has 0 heterocycles. The van der Waals surface area contributed by atoms with Gasteiger partial charge in [-0.1, -0.05) is 6.58 Å². The summed E-state index contributed by atoms with van der Waals surface area (Å²) in [5.41, 5.74) is 0. The zero-order valence-corrected chi connectivity index (χ0v) is 6.99. The molecule has 66 valence electrons. The minimum Gasteiger partial charge on any atom is -0.434 e. The Hall–Kier alpha value is -1.45. The van der Waals surface area contributed by atoms with Crippen LogP contribution in [-0.2, 0) is 19.1 Å². The van der Waals surface area contributed by atoms with Crippen LogP contribution in [0, 0.1) is 5.92 Å². The lowest BCUT2D eigenvalue weighted by Gasteiger charge is -2.06. The maximum absolute atomic E-state index is 10.9. The predicted octanol–water partition coefficient (Wildman–Crippen LogP) is 0.467. The molecule has 0 aromatic rings. The van der Waals surface area contributed by atoms with E-state index < -0.39 is 23.5 Å². The number of rotatable bonds is 4. The highest BCUT2D eigenvalue weighted by atomic mass is 16.5. The van der Waals surface area contributed by atoms with Gasteiger partial charge in [0.1, 0.15) is 0 Å². The van der Waals surface area contributed by atoms with E-state index in [4.69, 9.17) is 0 Å². The maximum Gasteiger partial charge on any atom is 0.328 e. The summed E-state index contributed by atoms with van der Waals surface area (Å²) in [5.74, 6) is -3.21. The van der Waals surface area contributed by atoms with Crippen molar-refractivity contribution in [3.8, 4) is 0 Å². The van der Waals surface area contributed by atoms with E-state index in [1.165, 1.54) is 0 Å². The molecular formula is C8H10O4. The van der Waals surface area contributed by atoms with E-state index in [2.05, 4.69) is 11.3 Å². The Balaban J connectivity index is 4.51. The maximum atomic E-state index is 10.9. The molecule has 0 aliphatic carbocycles. The van der Waals surface area contributed by atoms with Crippen LogP contribution in [-0.4, -0.2) is 17.5 Å². The van der Waals surface area contributed by atoms with Crippen molar-refractivity contribution >= 4 is 17.5 Å². The first-order valence-corrected chi connectivity index (χ1v) is 3.33. The second kappa shape index (κ2) is 4.43. The van der Waals surface area contributed by atoms with Gasteiger partial charge in [0.2, 0.25) is 0 Å². The molecule has 12 heavy (non-hydrogen) atoms. The van der Waals surface area contributed by atoms with E-state index in [0.29, 0.717) is 0 Å². The number of ether oxygens (including phenoxy) is 1. The summed E-state index contributed by atoms with van der Waals surface area (Å²) in [6, 6.07) is 0. The third-order valence-electron chi connectivity index (χ3n) is 1.25. The molecule has 0 aliphatic rings. The van der Waals surface area contributed by atoms with Crippen molar-refractivity contribution in [2.45, 2.75) is 13.8 Å². The number of carbonyl (C=O) groups is 3. The first-order chi connectivity index (χ1) is 5.50. The van der Waals surface area contributed by atoms with Crippen LogP contribution >= 0.6 is 0 Å². The standard InChI is InChI=1S/C8H10O4/c1-4-12-8(11)7(5(2)9)6(3)10/h4,7H,1H2,2-3H3. The summed E-state index contributed by atoms with van der Waals surface area (Å²) in [4.78, 5) is 32.4. The van der Waals surface area contributed by atoms with Crippen LogP contribution in [0.15, 0.2) is 12.8 Å². The van der Waals surface area contributed by atoms with E-state index >= 15 is 0 Å². The smallest absolute Gasteiger partial charge is 0.328 e. The fraction of sp³-hybridized carbons (Fsp3) is 0.375. The number of esters is 1. The molecule has 0 unspecified atom stereocenters. The molecule has 0 radical (unpaired) electrons. The summed E-state index contributed by atoms with van der Waals surface area (Å²) < 4.78 is 4.31. The van der Waals surface area contributed by atoms with Crippen LogP contribution in [0.25, 0.3) is 0 Å². The van der Waals surface area contributed by atoms with Gasteiger partial charge >= 0.3 is 5.97 Å².